The van der Waals surface area contributed by atoms with E-state index in [2.05, 4.69) is 5.32 Å². The van der Waals surface area contributed by atoms with Crippen LogP contribution < -0.4 is 5.32 Å². The van der Waals surface area contributed by atoms with Gasteiger partial charge in [0, 0.05) is 5.69 Å². The summed E-state index contributed by atoms with van der Waals surface area (Å²) in [6.07, 6.45) is 0. The van der Waals surface area contributed by atoms with Gasteiger partial charge in [-0.15, -0.1) is 0 Å². The molecule has 3 nitrogen and oxygen atoms in total. The molecule has 0 aliphatic carbocycles. The third-order valence-electron chi connectivity index (χ3n) is 2.31. The van der Waals surface area contributed by atoms with Gasteiger partial charge in [-0.2, -0.15) is 0 Å². The van der Waals surface area contributed by atoms with E-state index in [9.17, 15) is 4.79 Å². The molecule has 3 heteroatoms. The van der Waals surface area contributed by atoms with Crippen LogP contribution in [0.2, 0.25) is 0 Å². The Hall–Kier alpha value is -1.51. The van der Waals surface area contributed by atoms with Crippen LogP contribution in [0, 0.1) is 12.8 Å². The van der Waals surface area contributed by atoms with E-state index in [-0.39, 0.29) is 5.92 Å². The summed E-state index contributed by atoms with van der Waals surface area (Å²) in [5.74, 6) is -0.755. The molecule has 15 heavy (non-hydrogen) atoms. The zero-order valence-corrected chi connectivity index (χ0v) is 9.32. The van der Waals surface area contributed by atoms with E-state index in [1.807, 2.05) is 45.0 Å². The molecule has 1 aromatic rings. The van der Waals surface area contributed by atoms with Crippen molar-refractivity contribution in [2.45, 2.75) is 26.8 Å². The molecule has 1 rings (SSSR count). The minimum Gasteiger partial charge on any atom is -0.480 e. The van der Waals surface area contributed by atoms with Crippen molar-refractivity contribution in [2.75, 3.05) is 5.32 Å². The Labute approximate surface area is 90.1 Å². The van der Waals surface area contributed by atoms with Gasteiger partial charge in [0.05, 0.1) is 0 Å². The number of benzene rings is 1. The Morgan fingerprint density at radius 1 is 1.27 bits per heavy atom. The maximum atomic E-state index is 10.9. The maximum Gasteiger partial charge on any atom is 0.326 e. The number of aliphatic carboxylic acids is 1. The third-order valence-corrected chi connectivity index (χ3v) is 2.31. The molecule has 0 bridgehead atoms. The SMILES string of the molecule is Cc1ccc(NC(C(=O)O)C(C)C)cc1. The molecule has 0 fully saturated rings. The summed E-state index contributed by atoms with van der Waals surface area (Å²) in [7, 11) is 0. The Balaban J connectivity index is 2.74. The summed E-state index contributed by atoms with van der Waals surface area (Å²) in [5.41, 5.74) is 2.01. The van der Waals surface area contributed by atoms with E-state index >= 15 is 0 Å². The van der Waals surface area contributed by atoms with Crippen molar-refractivity contribution in [3.63, 3.8) is 0 Å². The average molecular weight is 207 g/mol. The van der Waals surface area contributed by atoms with Crippen molar-refractivity contribution in [1.82, 2.24) is 0 Å². The van der Waals surface area contributed by atoms with Gasteiger partial charge in [0.2, 0.25) is 0 Å². The van der Waals surface area contributed by atoms with Crippen molar-refractivity contribution in [2.24, 2.45) is 5.92 Å². The van der Waals surface area contributed by atoms with E-state index in [0.29, 0.717) is 0 Å². The lowest BCUT2D eigenvalue weighted by Crippen LogP contribution is -2.34. The molecule has 1 atom stereocenters. The van der Waals surface area contributed by atoms with Gasteiger partial charge in [-0.05, 0) is 25.0 Å². The first kappa shape index (κ1) is 11.6. The molecule has 1 aromatic carbocycles. The Morgan fingerprint density at radius 2 is 1.80 bits per heavy atom. The molecule has 0 aromatic heterocycles. The van der Waals surface area contributed by atoms with Crippen LogP contribution in [0.15, 0.2) is 24.3 Å². The highest BCUT2D eigenvalue weighted by atomic mass is 16.4. The van der Waals surface area contributed by atoms with Crippen LogP contribution in [0.5, 0.6) is 0 Å². The zero-order valence-electron chi connectivity index (χ0n) is 9.32. The highest BCUT2D eigenvalue weighted by Crippen LogP contribution is 2.13. The van der Waals surface area contributed by atoms with Gasteiger partial charge in [-0.3, -0.25) is 0 Å². The molecule has 0 amide bonds. The molecule has 1 unspecified atom stereocenters. The molecule has 0 aliphatic heterocycles. The third kappa shape index (κ3) is 3.27. The van der Waals surface area contributed by atoms with Crippen LogP contribution in [0.1, 0.15) is 19.4 Å². The number of anilines is 1. The second kappa shape index (κ2) is 4.82. The minimum absolute atomic E-state index is 0.0591. The van der Waals surface area contributed by atoms with Gasteiger partial charge in [0.15, 0.2) is 0 Å². The first-order valence-electron chi connectivity index (χ1n) is 5.06. The van der Waals surface area contributed by atoms with Crippen molar-refractivity contribution < 1.29 is 9.90 Å². The van der Waals surface area contributed by atoms with Crippen molar-refractivity contribution in [3.8, 4) is 0 Å². The lowest BCUT2D eigenvalue weighted by Gasteiger charge is -2.19. The van der Waals surface area contributed by atoms with E-state index in [1.54, 1.807) is 0 Å². The summed E-state index contributed by atoms with van der Waals surface area (Å²) in [4.78, 5) is 10.9. The smallest absolute Gasteiger partial charge is 0.326 e. The van der Waals surface area contributed by atoms with Crippen LogP contribution in [0.3, 0.4) is 0 Å². The molecule has 0 radical (unpaired) electrons. The quantitative estimate of drug-likeness (QED) is 0.797. The Bertz CT molecular complexity index is 330. The van der Waals surface area contributed by atoms with E-state index in [1.165, 1.54) is 0 Å². The van der Waals surface area contributed by atoms with Gasteiger partial charge in [-0.1, -0.05) is 31.5 Å². The number of nitrogens with one attached hydrogen (secondary N) is 1. The van der Waals surface area contributed by atoms with Crippen molar-refractivity contribution >= 4 is 11.7 Å². The number of carboxylic acid groups (broad SMARTS) is 1. The molecule has 82 valence electrons. The van der Waals surface area contributed by atoms with Gasteiger partial charge < -0.3 is 10.4 Å². The summed E-state index contributed by atoms with van der Waals surface area (Å²) < 4.78 is 0. The summed E-state index contributed by atoms with van der Waals surface area (Å²) in [6, 6.07) is 7.18. The van der Waals surface area contributed by atoms with Gasteiger partial charge in [0.1, 0.15) is 6.04 Å². The second-order valence-electron chi connectivity index (χ2n) is 4.07. The fraction of sp³-hybridized carbons (Fsp3) is 0.417. The number of hydrogen-bond acceptors (Lipinski definition) is 2. The highest BCUT2D eigenvalue weighted by molar-refractivity contribution is 5.77. The van der Waals surface area contributed by atoms with Crippen LogP contribution in [-0.4, -0.2) is 17.1 Å². The lowest BCUT2D eigenvalue weighted by molar-refractivity contribution is -0.138. The topological polar surface area (TPSA) is 49.3 Å². The first-order valence-corrected chi connectivity index (χ1v) is 5.06. The Morgan fingerprint density at radius 3 is 2.20 bits per heavy atom. The van der Waals surface area contributed by atoms with Gasteiger partial charge >= 0.3 is 5.97 Å². The van der Waals surface area contributed by atoms with Gasteiger partial charge in [-0.25, -0.2) is 4.79 Å². The van der Waals surface area contributed by atoms with E-state index in [0.717, 1.165) is 11.3 Å². The van der Waals surface area contributed by atoms with Crippen molar-refractivity contribution in [1.29, 1.82) is 0 Å². The standard InChI is InChI=1S/C12H17NO2/c1-8(2)11(12(14)15)13-10-6-4-9(3)5-7-10/h4-8,11,13H,1-3H3,(H,14,15). The number of carboxylic acids is 1. The molecule has 2 N–H and O–H groups in total. The molecule has 0 aliphatic rings. The fourth-order valence-electron chi connectivity index (χ4n) is 1.34. The van der Waals surface area contributed by atoms with E-state index < -0.39 is 12.0 Å². The second-order valence-corrected chi connectivity index (χ2v) is 4.07. The molecule has 0 heterocycles. The Kier molecular flexibility index (Phi) is 3.72. The van der Waals surface area contributed by atoms with E-state index in [4.69, 9.17) is 5.11 Å². The summed E-state index contributed by atoms with van der Waals surface area (Å²) in [6.45, 7) is 5.78. The number of hydrogen-bond donors (Lipinski definition) is 2. The number of carbonyl (C=O) groups is 1. The van der Waals surface area contributed by atoms with Gasteiger partial charge in [0.25, 0.3) is 0 Å². The van der Waals surface area contributed by atoms with Crippen LogP contribution in [0.4, 0.5) is 5.69 Å². The largest absolute Gasteiger partial charge is 0.480 e. The monoisotopic (exact) mass is 207 g/mol. The molecular formula is C12H17NO2. The van der Waals surface area contributed by atoms with Crippen LogP contribution in [0.25, 0.3) is 0 Å². The summed E-state index contributed by atoms with van der Waals surface area (Å²) >= 11 is 0. The number of rotatable bonds is 4. The molecule has 0 saturated carbocycles. The van der Waals surface area contributed by atoms with Crippen LogP contribution >= 0.6 is 0 Å². The number of aryl methyl sites for hydroxylation is 1. The molecular weight excluding hydrogens is 190 g/mol. The van der Waals surface area contributed by atoms with Crippen LogP contribution in [-0.2, 0) is 4.79 Å². The predicted molar refractivity (Wildman–Crippen MR) is 61.1 cm³/mol. The highest BCUT2D eigenvalue weighted by Gasteiger charge is 2.20. The average Bonchev–Trinajstić information content (AvgIpc) is 2.15. The zero-order chi connectivity index (χ0) is 11.4. The lowest BCUT2D eigenvalue weighted by atomic mass is 10.0. The first-order chi connectivity index (χ1) is 7.00. The molecule has 0 saturated heterocycles. The maximum absolute atomic E-state index is 10.9. The molecule has 0 spiro atoms. The minimum atomic E-state index is -0.814. The fourth-order valence-corrected chi connectivity index (χ4v) is 1.34. The predicted octanol–water partition coefficient (Wildman–Crippen LogP) is 2.52. The normalized spacial score (nSPS) is 12.5. The van der Waals surface area contributed by atoms with Crippen molar-refractivity contribution in [3.05, 3.63) is 29.8 Å². The summed E-state index contributed by atoms with van der Waals surface area (Å²) in [5, 5.41) is 12.0.